The lowest BCUT2D eigenvalue weighted by atomic mass is 9.84. The van der Waals surface area contributed by atoms with E-state index < -0.39 is 0 Å². The zero-order chi connectivity index (χ0) is 17.5. The third-order valence-electron chi connectivity index (χ3n) is 4.98. The molecule has 1 fully saturated rings. The second-order valence-corrected chi connectivity index (χ2v) is 6.98. The third-order valence-corrected chi connectivity index (χ3v) is 4.98. The average Bonchev–Trinajstić information content (AvgIpc) is 2.61. The van der Waals surface area contributed by atoms with Crippen LogP contribution in [0, 0.1) is 17.8 Å². The van der Waals surface area contributed by atoms with Crippen molar-refractivity contribution in [2.75, 3.05) is 13.7 Å². The minimum atomic E-state index is -0.220. The van der Waals surface area contributed by atoms with E-state index in [2.05, 4.69) is 26.0 Å². The van der Waals surface area contributed by atoms with Crippen LogP contribution in [0.1, 0.15) is 39.2 Å². The molecular weight excluding hydrogens is 304 g/mol. The normalized spacial score (nSPS) is 26.6. The molecule has 0 spiro atoms. The molecule has 0 N–H and O–H groups in total. The first-order valence-corrected chi connectivity index (χ1v) is 8.87. The molecular formula is C20H30O4. The number of carbonyl (C=O) groups excluding carboxylic acids is 1. The summed E-state index contributed by atoms with van der Waals surface area (Å²) in [5.74, 6) is 0.349. The van der Waals surface area contributed by atoms with Crippen molar-refractivity contribution in [2.45, 2.75) is 52.4 Å². The van der Waals surface area contributed by atoms with Crippen molar-refractivity contribution in [1.29, 1.82) is 0 Å². The van der Waals surface area contributed by atoms with Crippen molar-refractivity contribution in [1.82, 2.24) is 0 Å². The Labute approximate surface area is 145 Å². The van der Waals surface area contributed by atoms with Gasteiger partial charge in [0.2, 0.25) is 0 Å². The predicted octanol–water partition coefficient (Wildman–Crippen LogP) is 3.83. The Balaban J connectivity index is 1.84. The van der Waals surface area contributed by atoms with Crippen LogP contribution in [0.3, 0.4) is 0 Å². The molecule has 134 valence electrons. The molecule has 2 unspecified atom stereocenters. The van der Waals surface area contributed by atoms with Gasteiger partial charge in [0.05, 0.1) is 38.4 Å². The molecule has 4 heteroatoms. The second kappa shape index (κ2) is 9.19. The van der Waals surface area contributed by atoms with E-state index in [1.807, 2.05) is 25.1 Å². The fourth-order valence-electron chi connectivity index (χ4n) is 3.43. The summed E-state index contributed by atoms with van der Waals surface area (Å²) in [6.07, 6.45) is 2.03. The van der Waals surface area contributed by atoms with Gasteiger partial charge in [0.1, 0.15) is 0 Å². The average molecular weight is 334 g/mol. The number of hydrogen-bond acceptors (Lipinski definition) is 4. The van der Waals surface area contributed by atoms with E-state index in [1.165, 1.54) is 12.7 Å². The Morgan fingerprint density at radius 3 is 2.62 bits per heavy atom. The topological polar surface area (TPSA) is 44.8 Å². The lowest BCUT2D eigenvalue weighted by Crippen LogP contribution is -2.43. The molecule has 1 aromatic rings. The van der Waals surface area contributed by atoms with E-state index in [-0.39, 0.29) is 30.0 Å². The fraction of sp³-hybridized carbons (Fsp3) is 0.650. The van der Waals surface area contributed by atoms with Gasteiger partial charge in [0, 0.05) is 5.92 Å². The molecule has 0 radical (unpaired) electrons. The third kappa shape index (κ3) is 5.05. The van der Waals surface area contributed by atoms with E-state index >= 15 is 0 Å². The first kappa shape index (κ1) is 18.9. The molecule has 0 bridgehead atoms. The molecule has 24 heavy (non-hydrogen) atoms. The van der Waals surface area contributed by atoms with Crippen LogP contribution in [-0.4, -0.2) is 31.9 Å². The van der Waals surface area contributed by atoms with Crippen molar-refractivity contribution in [2.24, 2.45) is 17.8 Å². The second-order valence-electron chi connectivity index (χ2n) is 6.98. The summed E-state index contributed by atoms with van der Waals surface area (Å²) in [7, 11) is 1.43. The van der Waals surface area contributed by atoms with Gasteiger partial charge in [-0.1, -0.05) is 44.2 Å². The Morgan fingerprint density at radius 1 is 1.25 bits per heavy atom. The fourth-order valence-corrected chi connectivity index (χ4v) is 3.43. The highest BCUT2D eigenvalue weighted by Crippen LogP contribution is 2.33. The summed E-state index contributed by atoms with van der Waals surface area (Å²) in [6.45, 7) is 7.55. The quantitative estimate of drug-likeness (QED) is 0.711. The predicted molar refractivity (Wildman–Crippen MR) is 93.5 cm³/mol. The zero-order valence-corrected chi connectivity index (χ0v) is 15.2. The number of esters is 1. The molecule has 0 saturated carbocycles. The van der Waals surface area contributed by atoms with Gasteiger partial charge >= 0.3 is 5.97 Å². The molecule has 1 aliphatic rings. The highest BCUT2D eigenvalue weighted by atomic mass is 16.5. The summed E-state index contributed by atoms with van der Waals surface area (Å²) < 4.78 is 17.0. The van der Waals surface area contributed by atoms with Crippen LogP contribution in [0.2, 0.25) is 0 Å². The Bertz CT molecular complexity index is 502. The van der Waals surface area contributed by atoms with Crippen molar-refractivity contribution >= 4 is 5.97 Å². The molecule has 4 nitrogen and oxygen atoms in total. The zero-order valence-electron chi connectivity index (χ0n) is 15.2. The maximum absolute atomic E-state index is 11.8. The maximum Gasteiger partial charge on any atom is 0.311 e. The molecule has 0 aliphatic carbocycles. The van der Waals surface area contributed by atoms with Gasteiger partial charge in [0.15, 0.2) is 0 Å². The minimum Gasteiger partial charge on any atom is -0.469 e. The van der Waals surface area contributed by atoms with Gasteiger partial charge in [0.25, 0.3) is 0 Å². The van der Waals surface area contributed by atoms with E-state index in [9.17, 15) is 4.79 Å². The largest absolute Gasteiger partial charge is 0.469 e. The number of ether oxygens (including phenoxy) is 3. The van der Waals surface area contributed by atoms with Gasteiger partial charge in [-0.25, -0.2) is 0 Å². The van der Waals surface area contributed by atoms with Crippen LogP contribution in [0.25, 0.3) is 0 Å². The molecule has 1 aromatic carbocycles. The molecule has 1 aliphatic heterocycles. The lowest BCUT2D eigenvalue weighted by Gasteiger charge is -2.39. The smallest absolute Gasteiger partial charge is 0.311 e. The van der Waals surface area contributed by atoms with Crippen molar-refractivity contribution in [3.63, 3.8) is 0 Å². The summed E-state index contributed by atoms with van der Waals surface area (Å²) >= 11 is 0. The van der Waals surface area contributed by atoms with Crippen LogP contribution >= 0.6 is 0 Å². The molecule has 0 aromatic heterocycles. The number of rotatable bonds is 7. The summed E-state index contributed by atoms with van der Waals surface area (Å²) in [4.78, 5) is 11.8. The van der Waals surface area contributed by atoms with E-state index in [4.69, 9.17) is 14.2 Å². The van der Waals surface area contributed by atoms with Gasteiger partial charge in [-0.3, -0.25) is 4.79 Å². The van der Waals surface area contributed by atoms with E-state index in [0.717, 1.165) is 12.8 Å². The van der Waals surface area contributed by atoms with Gasteiger partial charge in [-0.15, -0.1) is 0 Å². The van der Waals surface area contributed by atoms with Crippen molar-refractivity contribution in [3.8, 4) is 0 Å². The molecule has 0 amide bonds. The molecule has 1 saturated heterocycles. The van der Waals surface area contributed by atoms with Crippen LogP contribution in [0.5, 0.6) is 0 Å². The minimum absolute atomic E-state index is 0.0600. The Kier molecular flexibility index (Phi) is 7.25. The summed E-state index contributed by atoms with van der Waals surface area (Å²) in [5, 5.41) is 0. The van der Waals surface area contributed by atoms with Crippen LogP contribution in [0.15, 0.2) is 30.3 Å². The van der Waals surface area contributed by atoms with Crippen LogP contribution in [0.4, 0.5) is 0 Å². The van der Waals surface area contributed by atoms with E-state index in [1.54, 1.807) is 0 Å². The number of hydrogen-bond donors (Lipinski definition) is 0. The number of carbonyl (C=O) groups is 1. The first-order chi connectivity index (χ1) is 11.5. The first-order valence-electron chi connectivity index (χ1n) is 8.87. The Morgan fingerprint density at radius 2 is 1.96 bits per heavy atom. The SMILES string of the molecule is COC(=O)[C@@H](C)C1CC[C@H](C)[C@@H](C(C)COCc2ccccc2)O1. The van der Waals surface area contributed by atoms with Crippen molar-refractivity contribution < 1.29 is 19.0 Å². The molecule has 5 atom stereocenters. The molecule has 1 heterocycles. The van der Waals surface area contributed by atoms with E-state index in [0.29, 0.717) is 19.1 Å². The standard InChI is InChI=1S/C20H30O4/c1-14-10-11-18(16(3)20(21)22-4)24-19(14)15(2)12-23-13-17-8-6-5-7-9-17/h5-9,14-16,18-19H,10-13H2,1-4H3/t14-,15?,16-,18?,19-/m0/s1. The van der Waals surface area contributed by atoms with Crippen LogP contribution < -0.4 is 0 Å². The summed E-state index contributed by atoms with van der Waals surface area (Å²) in [6, 6.07) is 10.2. The van der Waals surface area contributed by atoms with Gasteiger partial charge in [-0.2, -0.15) is 0 Å². The lowest BCUT2D eigenvalue weighted by molar-refractivity contribution is -0.164. The van der Waals surface area contributed by atoms with Crippen LogP contribution in [-0.2, 0) is 25.6 Å². The number of benzene rings is 1. The highest BCUT2D eigenvalue weighted by molar-refractivity contribution is 5.72. The Hall–Kier alpha value is -1.39. The number of methoxy groups -OCH3 is 1. The summed E-state index contributed by atoms with van der Waals surface area (Å²) in [5.41, 5.74) is 1.18. The van der Waals surface area contributed by atoms with Crippen molar-refractivity contribution in [3.05, 3.63) is 35.9 Å². The highest BCUT2D eigenvalue weighted by Gasteiger charge is 2.36. The molecule has 2 rings (SSSR count). The van der Waals surface area contributed by atoms with Gasteiger partial charge < -0.3 is 14.2 Å². The van der Waals surface area contributed by atoms with Gasteiger partial charge in [-0.05, 0) is 31.2 Å². The maximum atomic E-state index is 11.8. The monoisotopic (exact) mass is 334 g/mol.